The van der Waals surface area contributed by atoms with E-state index in [2.05, 4.69) is 24.7 Å². The molecule has 0 atom stereocenters. The summed E-state index contributed by atoms with van der Waals surface area (Å²) in [6.45, 7) is 0.0968. The Bertz CT molecular complexity index is 1190. The number of carbonyl (C=O) groups excluding carboxylic acids is 1. The van der Waals surface area contributed by atoms with Gasteiger partial charge >= 0.3 is 6.36 Å². The third-order valence-electron chi connectivity index (χ3n) is 5.29. The van der Waals surface area contributed by atoms with E-state index in [0.29, 0.717) is 11.7 Å². The number of methoxy groups -OCH3 is 1. The third-order valence-corrected chi connectivity index (χ3v) is 5.29. The van der Waals surface area contributed by atoms with Gasteiger partial charge in [0, 0.05) is 49.3 Å². The molecule has 1 aliphatic rings. The van der Waals surface area contributed by atoms with Gasteiger partial charge in [0.2, 0.25) is 5.88 Å². The number of Topliss-reactive ketones (excluding diaryl/α,β-unsaturated/α-hetero) is 1. The molecule has 3 aromatic heterocycles. The van der Waals surface area contributed by atoms with E-state index in [1.165, 1.54) is 13.3 Å². The summed E-state index contributed by atoms with van der Waals surface area (Å²) in [6.07, 6.45) is 0.543. The van der Waals surface area contributed by atoms with Gasteiger partial charge in [-0.1, -0.05) is 6.07 Å². The van der Waals surface area contributed by atoms with Crippen LogP contribution in [0.2, 0.25) is 0 Å². The quantitative estimate of drug-likeness (QED) is 0.491. The Labute approximate surface area is 193 Å². The summed E-state index contributed by atoms with van der Waals surface area (Å²) < 4.78 is 46.9. The van der Waals surface area contributed by atoms with Crippen molar-refractivity contribution in [3.8, 4) is 23.1 Å². The van der Waals surface area contributed by atoms with E-state index in [9.17, 15) is 18.0 Å². The molecule has 0 spiro atoms. The summed E-state index contributed by atoms with van der Waals surface area (Å²) in [5, 5.41) is 0. The van der Waals surface area contributed by atoms with Crippen LogP contribution in [0.3, 0.4) is 0 Å². The first-order chi connectivity index (χ1) is 16.2. The van der Waals surface area contributed by atoms with Crippen molar-refractivity contribution < 1.29 is 27.4 Å². The first kappa shape index (κ1) is 23.4. The number of likely N-dealkylation sites (N-methyl/N-ethyl adjacent to an activating group) is 1. The molecule has 0 aliphatic heterocycles. The Hall–Kier alpha value is -3.76. The molecule has 3 heterocycles. The van der Waals surface area contributed by atoms with Crippen LogP contribution in [0.5, 0.6) is 11.6 Å². The standard InChI is InChI=1S/C23H22F3N5O3/c1-31(13-15(32)10-14-6-7-20(33-2)28-12-14)22-17-4-3-5-18(17)29-21(30-22)19-11-16(8-9-27-19)34-23(24,25)26/h6-9,11-12H,3-5,10,13H2,1-2H3. The minimum atomic E-state index is -4.82. The van der Waals surface area contributed by atoms with E-state index in [1.54, 1.807) is 30.3 Å². The van der Waals surface area contributed by atoms with Crippen LogP contribution < -0.4 is 14.4 Å². The number of carbonyl (C=O) groups is 1. The summed E-state index contributed by atoms with van der Waals surface area (Å²) in [4.78, 5) is 31.8. The lowest BCUT2D eigenvalue weighted by Crippen LogP contribution is -2.28. The van der Waals surface area contributed by atoms with Crippen molar-refractivity contribution in [2.24, 2.45) is 0 Å². The number of nitrogens with zero attached hydrogens (tertiary/aromatic N) is 5. The van der Waals surface area contributed by atoms with Crippen LogP contribution in [0, 0.1) is 0 Å². The number of pyridine rings is 2. The highest BCUT2D eigenvalue weighted by Gasteiger charge is 2.31. The SMILES string of the molecule is COc1ccc(CC(=O)CN(C)c2nc(-c3cc(OC(F)(F)F)ccn3)nc3c2CCC3)cn1. The lowest BCUT2D eigenvalue weighted by atomic mass is 10.1. The van der Waals surface area contributed by atoms with Crippen molar-refractivity contribution in [1.29, 1.82) is 0 Å². The number of aromatic nitrogens is 4. The van der Waals surface area contributed by atoms with Gasteiger partial charge in [0.15, 0.2) is 11.6 Å². The third kappa shape index (κ3) is 5.59. The number of halogens is 3. The maximum absolute atomic E-state index is 12.7. The molecule has 0 N–H and O–H groups in total. The number of rotatable bonds is 8. The van der Waals surface area contributed by atoms with Crippen molar-refractivity contribution in [1.82, 2.24) is 19.9 Å². The van der Waals surface area contributed by atoms with E-state index in [1.807, 2.05) is 0 Å². The summed E-state index contributed by atoms with van der Waals surface area (Å²) in [5.74, 6) is 0.778. The zero-order valence-electron chi connectivity index (χ0n) is 18.6. The first-order valence-electron chi connectivity index (χ1n) is 10.6. The minimum absolute atomic E-state index is 0.0416. The van der Waals surface area contributed by atoms with Crippen molar-refractivity contribution in [3.05, 3.63) is 53.5 Å². The van der Waals surface area contributed by atoms with Crippen LogP contribution in [0.1, 0.15) is 23.2 Å². The second-order valence-corrected chi connectivity index (χ2v) is 7.85. The normalized spacial score (nSPS) is 12.9. The number of ketones is 1. The fourth-order valence-electron chi connectivity index (χ4n) is 3.83. The zero-order valence-corrected chi connectivity index (χ0v) is 18.6. The van der Waals surface area contributed by atoms with Gasteiger partial charge in [0.1, 0.15) is 17.3 Å². The predicted molar refractivity (Wildman–Crippen MR) is 117 cm³/mol. The second-order valence-electron chi connectivity index (χ2n) is 7.85. The topological polar surface area (TPSA) is 90.3 Å². The predicted octanol–water partition coefficient (Wildman–Crippen LogP) is 3.58. The molecule has 1 aliphatic carbocycles. The largest absolute Gasteiger partial charge is 0.573 e. The Morgan fingerprint density at radius 1 is 1.15 bits per heavy atom. The zero-order chi connectivity index (χ0) is 24.3. The van der Waals surface area contributed by atoms with E-state index in [0.717, 1.165) is 48.2 Å². The van der Waals surface area contributed by atoms with Crippen LogP contribution in [0.15, 0.2) is 36.7 Å². The van der Waals surface area contributed by atoms with E-state index in [4.69, 9.17) is 4.74 Å². The van der Waals surface area contributed by atoms with Crippen LogP contribution in [0.4, 0.5) is 19.0 Å². The van der Waals surface area contributed by atoms with Gasteiger partial charge in [-0.15, -0.1) is 13.2 Å². The number of fused-ring (bicyclic) bond motifs is 1. The summed E-state index contributed by atoms with van der Waals surface area (Å²) in [5.41, 5.74) is 2.66. The molecule has 4 rings (SSSR count). The molecule has 0 aromatic carbocycles. The number of ether oxygens (including phenoxy) is 2. The molecule has 11 heteroatoms. The monoisotopic (exact) mass is 473 g/mol. The van der Waals surface area contributed by atoms with Crippen molar-refractivity contribution >= 4 is 11.6 Å². The van der Waals surface area contributed by atoms with Gasteiger partial charge in [-0.25, -0.2) is 15.0 Å². The number of alkyl halides is 3. The molecule has 3 aromatic rings. The van der Waals surface area contributed by atoms with E-state index >= 15 is 0 Å². The van der Waals surface area contributed by atoms with Gasteiger partial charge in [0.25, 0.3) is 0 Å². The molecule has 0 fully saturated rings. The smallest absolute Gasteiger partial charge is 0.481 e. The highest BCUT2D eigenvalue weighted by Crippen LogP contribution is 2.32. The number of hydrogen-bond donors (Lipinski definition) is 0. The van der Waals surface area contributed by atoms with E-state index < -0.39 is 12.1 Å². The number of hydrogen-bond acceptors (Lipinski definition) is 8. The van der Waals surface area contributed by atoms with E-state index in [-0.39, 0.29) is 30.3 Å². The molecule has 0 unspecified atom stereocenters. The van der Waals surface area contributed by atoms with Crippen molar-refractivity contribution in [2.45, 2.75) is 32.0 Å². The Morgan fingerprint density at radius 3 is 2.68 bits per heavy atom. The fraction of sp³-hybridized carbons (Fsp3) is 0.348. The maximum Gasteiger partial charge on any atom is 0.573 e. The second kappa shape index (κ2) is 9.62. The molecular weight excluding hydrogens is 451 g/mol. The molecule has 8 nitrogen and oxygen atoms in total. The van der Waals surface area contributed by atoms with Crippen LogP contribution >= 0.6 is 0 Å². The molecule has 0 saturated heterocycles. The van der Waals surface area contributed by atoms with Gasteiger partial charge in [-0.2, -0.15) is 0 Å². The highest BCUT2D eigenvalue weighted by atomic mass is 19.4. The average molecular weight is 473 g/mol. The molecule has 0 amide bonds. The molecule has 0 radical (unpaired) electrons. The molecular formula is C23H22F3N5O3. The van der Waals surface area contributed by atoms with Crippen LogP contribution in [0.25, 0.3) is 11.5 Å². The molecule has 34 heavy (non-hydrogen) atoms. The summed E-state index contributed by atoms with van der Waals surface area (Å²) in [7, 11) is 3.27. The minimum Gasteiger partial charge on any atom is -0.481 e. The molecule has 178 valence electrons. The Kier molecular flexibility index (Phi) is 6.62. The van der Waals surface area contributed by atoms with Gasteiger partial charge in [-0.05, 0) is 30.9 Å². The van der Waals surface area contributed by atoms with Crippen molar-refractivity contribution in [2.75, 3.05) is 25.6 Å². The maximum atomic E-state index is 12.7. The lowest BCUT2D eigenvalue weighted by molar-refractivity contribution is -0.274. The average Bonchev–Trinajstić information content (AvgIpc) is 3.26. The van der Waals surface area contributed by atoms with Gasteiger partial charge in [0.05, 0.1) is 13.7 Å². The number of aryl methyl sites for hydroxylation is 1. The first-order valence-corrected chi connectivity index (χ1v) is 10.6. The van der Waals surface area contributed by atoms with Gasteiger partial charge in [-0.3, -0.25) is 9.78 Å². The molecule has 0 bridgehead atoms. The van der Waals surface area contributed by atoms with Crippen molar-refractivity contribution in [3.63, 3.8) is 0 Å². The molecule has 0 saturated carbocycles. The highest BCUT2D eigenvalue weighted by molar-refractivity contribution is 5.85. The fourth-order valence-corrected chi connectivity index (χ4v) is 3.83. The summed E-state index contributed by atoms with van der Waals surface area (Å²) in [6, 6.07) is 5.74. The summed E-state index contributed by atoms with van der Waals surface area (Å²) >= 11 is 0. The van der Waals surface area contributed by atoms with Gasteiger partial charge < -0.3 is 14.4 Å². The van der Waals surface area contributed by atoms with Crippen LogP contribution in [-0.4, -0.2) is 52.8 Å². The number of anilines is 1. The Balaban J connectivity index is 1.56. The van der Waals surface area contributed by atoms with Crippen LogP contribution in [-0.2, 0) is 24.1 Å². The lowest BCUT2D eigenvalue weighted by Gasteiger charge is -2.21. The Morgan fingerprint density at radius 2 is 1.97 bits per heavy atom.